The minimum absolute atomic E-state index is 0.00226. The van der Waals surface area contributed by atoms with Crippen molar-refractivity contribution in [1.29, 1.82) is 0 Å². The van der Waals surface area contributed by atoms with Crippen LogP contribution >= 0.6 is 22.9 Å². The standard InChI is InChI=1S/C27H31ClN2O4S/c1-18(2)8-11-29(27(32)24-5-4-13-33-24)16-26(31)30-12-9-25-21(10-14-35-25)23(30)17-34-20-6-7-22(28)19(3)15-20/h4-7,10,13-15,18,23H,8-9,11-12,16-17H2,1-3H3/t23-/m1/s1. The molecule has 8 heteroatoms. The van der Waals surface area contributed by atoms with E-state index in [0.717, 1.165) is 24.0 Å². The average Bonchev–Trinajstić information content (AvgIpc) is 3.54. The second kappa shape index (κ2) is 11.3. The van der Waals surface area contributed by atoms with Crippen LogP contribution in [0.2, 0.25) is 5.02 Å². The summed E-state index contributed by atoms with van der Waals surface area (Å²) in [6, 6.07) is 10.7. The summed E-state index contributed by atoms with van der Waals surface area (Å²) in [5.74, 6) is 1.02. The van der Waals surface area contributed by atoms with Gasteiger partial charge >= 0.3 is 0 Å². The molecule has 2 amide bonds. The van der Waals surface area contributed by atoms with E-state index in [2.05, 4.69) is 25.3 Å². The van der Waals surface area contributed by atoms with Crippen LogP contribution < -0.4 is 4.74 Å². The summed E-state index contributed by atoms with van der Waals surface area (Å²) < 4.78 is 11.5. The number of halogens is 1. The largest absolute Gasteiger partial charge is 0.491 e. The SMILES string of the molecule is Cc1cc(OC[C@@H]2c3ccsc3CCN2C(=O)CN(CCC(C)C)C(=O)c2ccco2)ccc1Cl. The molecule has 0 N–H and O–H groups in total. The Bertz CT molecular complexity index is 1160. The van der Waals surface area contributed by atoms with Crippen molar-refractivity contribution in [3.8, 4) is 5.75 Å². The number of fused-ring (bicyclic) bond motifs is 1. The lowest BCUT2D eigenvalue weighted by atomic mass is 10.00. The summed E-state index contributed by atoms with van der Waals surface area (Å²) >= 11 is 7.87. The highest BCUT2D eigenvalue weighted by molar-refractivity contribution is 7.10. The van der Waals surface area contributed by atoms with Gasteiger partial charge in [0.15, 0.2) is 5.76 Å². The highest BCUT2D eigenvalue weighted by Crippen LogP contribution is 2.34. The molecule has 0 radical (unpaired) electrons. The number of carbonyl (C=O) groups excluding carboxylic acids is 2. The number of rotatable bonds is 9. The molecule has 3 aromatic rings. The molecule has 1 atom stereocenters. The van der Waals surface area contributed by atoms with Crippen molar-refractivity contribution in [2.24, 2.45) is 5.92 Å². The summed E-state index contributed by atoms with van der Waals surface area (Å²) in [7, 11) is 0. The molecule has 0 unspecified atom stereocenters. The van der Waals surface area contributed by atoms with E-state index < -0.39 is 0 Å². The molecule has 1 aliphatic heterocycles. The minimum Gasteiger partial charge on any atom is -0.491 e. The third kappa shape index (κ3) is 6.08. The van der Waals surface area contributed by atoms with Gasteiger partial charge < -0.3 is 19.0 Å². The van der Waals surface area contributed by atoms with Crippen molar-refractivity contribution in [1.82, 2.24) is 9.80 Å². The van der Waals surface area contributed by atoms with E-state index in [1.807, 2.05) is 30.0 Å². The molecule has 6 nitrogen and oxygen atoms in total. The Kier molecular flexibility index (Phi) is 8.19. The Labute approximate surface area is 215 Å². The smallest absolute Gasteiger partial charge is 0.290 e. The Morgan fingerprint density at radius 1 is 1.29 bits per heavy atom. The van der Waals surface area contributed by atoms with Crippen LogP contribution in [-0.2, 0) is 11.2 Å². The molecular weight excluding hydrogens is 484 g/mol. The Morgan fingerprint density at radius 3 is 2.83 bits per heavy atom. The first-order valence-electron chi connectivity index (χ1n) is 11.9. The van der Waals surface area contributed by atoms with Crippen LogP contribution in [0.5, 0.6) is 5.75 Å². The summed E-state index contributed by atoms with van der Waals surface area (Å²) in [4.78, 5) is 31.4. The number of nitrogens with zero attached hydrogens (tertiary/aromatic N) is 2. The van der Waals surface area contributed by atoms with E-state index in [1.54, 1.807) is 28.4 Å². The van der Waals surface area contributed by atoms with Crippen molar-refractivity contribution in [2.45, 2.75) is 39.7 Å². The first-order valence-corrected chi connectivity index (χ1v) is 13.2. The first kappa shape index (κ1) is 25.3. The number of furan rings is 1. The first-order chi connectivity index (χ1) is 16.8. The van der Waals surface area contributed by atoms with Crippen LogP contribution in [0.3, 0.4) is 0 Å². The van der Waals surface area contributed by atoms with Gasteiger partial charge in [0.1, 0.15) is 18.9 Å². The zero-order valence-corrected chi connectivity index (χ0v) is 21.9. The molecule has 0 aliphatic carbocycles. The Balaban J connectivity index is 1.52. The van der Waals surface area contributed by atoms with Crippen molar-refractivity contribution in [2.75, 3.05) is 26.2 Å². The van der Waals surface area contributed by atoms with E-state index in [-0.39, 0.29) is 30.2 Å². The second-order valence-corrected chi connectivity index (χ2v) is 10.7. The van der Waals surface area contributed by atoms with E-state index in [0.29, 0.717) is 36.4 Å². The molecule has 3 heterocycles. The molecule has 2 aromatic heterocycles. The topological polar surface area (TPSA) is 63.0 Å². The van der Waals surface area contributed by atoms with Gasteiger partial charge in [0.25, 0.3) is 5.91 Å². The number of amides is 2. The molecular formula is C27H31ClN2O4S. The van der Waals surface area contributed by atoms with Gasteiger partial charge in [0.05, 0.1) is 12.3 Å². The molecule has 0 bridgehead atoms. The Hall–Kier alpha value is -2.77. The van der Waals surface area contributed by atoms with Crippen molar-refractivity contribution in [3.05, 3.63) is 74.8 Å². The number of carbonyl (C=O) groups is 2. The molecule has 0 saturated heterocycles. The predicted octanol–water partition coefficient (Wildman–Crippen LogP) is 6.00. The number of aryl methyl sites for hydroxylation is 1. The van der Waals surface area contributed by atoms with Crippen molar-refractivity contribution in [3.63, 3.8) is 0 Å². The van der Waals surface area contributed by atoms with Crippen LogP contribution in [0.15, 0.2) is 52.5 Å². The van der Waals surface area contributed by atoms with Crippen LogP contribution in [0.1, 0.15) is 52.9 Å². The number of hydrogen-bond acceptors (Lipinski definition) is 5. The average molecular weight is 515 g/mol. The van der Waals surface area contributed by atoms with E-state index in [9.17, 15) is 9.59 Å². The van der Waals surface area contributed by atoms with Crippen LogP contribution in [0, 0.1) is 12.8 Å². The fraction of sp³-hybridized carbons (Fsp3) is 0.407. The quantitative estimate of drug-likeness (QED) is 0.351. The normalized spacial score (nSPS) is 15.2. The highest BCUT2D eigenvalue weighted by atomic mass is 35.5. The third-order valence-electron chi connectivity index (χ3n) is 6.27. The van der Waals surface area contributed by atoms with E-state index in [1.165, 1.54) is 11.1 Å². The second-order valence-electron chi connectivity index (χ2n) is 9.26. The summed E-state index contributed by atoms with van der Waals surface area (Å²) in [5.41, 5.74) is 2.06. The fourth-order valence-electron chi connectivity index (χ4n) is 4.23. The van der Waals surface area contributed by atoms with E-state index in [4.69, 9.17) is 20.8 Å². The number of ether oxygens (including phenoxy) is 1. The maximum absolute atomic E-state index is 13.6. The van der Waals surface area contributed by atoms with Gasteiger partial charge in [-0.15, -0.1) is 11.3 Å². The number of thiophene rings is 1. The van der Waals surface area contributed by atoms with Gasteiger partial charge in [-0.3, -0.25) is 9.59 Å². The molecule has 0 spiro atoms. The molecule has 186 valence electrons. The third-order valence-corrected chi connectivity index (χ3v) is 7.69. The molecule has 0 fully saturated rings. The van der Waals surface area contributed by atoms with Gasteiger partial charge in [-0.25, -0.2) is 0 Å². The van der Waals surface area contributed by atoms with Crippen LogP contribution in [-0.4, -0.2) is 47.9 Å². The predicted molar refractivity (Wildman–Crippen MR) is 138 cm³/mol. The zero-order chi connectivity index (χ0) is 24.9. The Morgan fingerprint density at radius 2 is 2.11 bits per heavy atom. The lowest BCUT2D eigenvalue weighted by molar-refractivity contribution is -0.135. The van der Waals surface area contributed by atoms with E-state index >= 15 is 0 Å². The maximum atomic E-state index is 13.6. The molecule has 0 saturated carbocycles. The van der Waals surface area contributed by atoms with Crippen LogP contribution in [0.25, 0.3) is 0 Å². The van der Waals surface area contributed by atoms with Gasteiger partial charge in [-0.1, -0.05) is 25.4 Å². The van der Waals surface area contributed by atoms with Gasteiger partial charge in [0, 0.05) is 23.0 Å². The monoisotopic (exact) mass is 514 g/mol. The lowest BCUT2D eigenvalue weighted by Gasteiger charge is -2.37. The molecule has 4 rings (SSSR count). The van der Waals surface area contributed by atoms with Gasteiger partial charge in [-0.2, -0.15) is 0 Å². The van der Waals surface area contributed by atoms with Gasteiger partial charge in [0.2, 0.25) is 5.91 Å². The number of hydrogen-bond donors (Lipinski definition) is 0. The van der Waals surface area contributed by atoms with Crippen molar-refractivity contribution >= 4 is 34.8 Å². The van der Waals surface area contributed by atoms with Crippen molar-refractivity contribution < 1.29 is 18.7 Å². The molecule has 1 aromatic carbocycles. The summed E-state index contributed by atoms with van der Waals surface area (Å²) in [6.07, 6.45) is 3.08. The summed E-state index contributed by atoms with van der Waals surface area (Å²) in [6.45, 7) is 7.55. The minimum atomic E-state index is -0.262. The highest BCUT2D eigenvalue weighted by Gasteiger charge is 2.34. The number of benzene rings is 1. The molecule has 35 heavy (non-hydrogen) atoms. The summed E-state index contributed by atoms with van der Waals surface area (Å²) in [5, 5.41) is 2.75. The fourth-order valence-corrected chi connectivity index (χ4v) is 5.28. The lowest BCUT2D eigenvalue weighted by Crippen LogP contribution is -2.48. The maximum Gasteiger partial charge on any atom is 0.290 e. The van der Waals surface area contributed by atoms with Gasteiger partial charge in [-0.05, 0) is 78.6 Å². The van der Waals surface area contributed by atoms with Crippen LogP contribution in [0.4, 0.5) is 0 Å². The zero-order valence-electron chi connectivity index (χ0n) is 20.3. The molecule has 1 aliphatic rings.